The number of rotatable bonds is 8. The lowest BCUT2D eigenvalue weighted by atomic mass is 9.99. The van der Waals surface area contributed by atoms with Crippen LogP contribution in [-0.4, -0.2) is 41.9 Å². The van der Waals surface area contributed by atoms with Crippen LogP contribution in [0.25, 0.3) is 0 Å². The summed E-state index contributed by atoms with van der Waals surface area (Å²) >= 11 is 0. The van der Waals surface area contributed by atoms with Crippen LogP contribution in [0.5, 0.6) is 11.5 Å². The second-order valence-electron chi connectivity index (χ2n) is 8.78. The molecule has 1 aromatic heterocycles. The number of nitrogens with zero attached hydrogens (tertiary/aromatic N) is 2. The minimum Gasteiger partial charge on any atom is -0.493 e. The maximum atomic E-state index is 12.9. The molecule has 2 aliphatic rings. The Hall–Kier alpha value is -3.07. The van der Waals surface area contributed by atoms with E-state index in [9.17, 15) is 9.59 Å². The summed E-state index contributed by atoms with van der Waals surface area (Å²) in [5.74, 6) is 2.26. The largest absolute Gasteiger partial charge is 0.493 e. The number of carbonyl (C=O) groups excluding carboxylic acids is 2. The van der Waals surface area contributed by atoms with E-state index in [0.717, 1.165) is 24.1 Å². The first kappa shape index (κ1) is 22.1. The lowest BCUT2D eigenvalue weighted by molar-refractivity contribution is -0.126. The lowest BCUT2D eigenvalue weighted by Crippen LogP contribution is -2.55. The van der Waals surface area contributed by atoms with Crippen molar-refractivity contribution in [3.63, 3.8) is 0 Å². The normalized spacial score (nSPS) is 20.7. The van der Waals surface area contributed by atoms with Gasteiger partial charge in [-0.05, 0) is 36.5 Å². The first-order chi connectivity index (χ1) is 15.4. The summed E-state index contributed by atoms with van der Waals surface area (Å²) in [5.41, 5.74) is 1.74. The van der Waals surface area contributed by atoms with Crippen molar-refractivity contribution in [2.75, 3.05) is 19.5 Å². The molecule has 0 spiro atoms. The summed E-state index contributed by atoms with van der Waals surface area (Å²) in [6.45, 7) is 4.16. The minimum atomic E-state index is -0.507. The molecule has 2 fully saturated rings. The number of nitrogens with one attached hydrogen (secondary N) is 3. The molecule has 2 unspecified atom stereocenters. The zero-order chi connectivity index (χ0) is 22.8. The molecule has 2 heterocycles. The summed E-state index contributed by atoms with van der Waals surface area (Å²) in [5, 5.41) is 14.1. The number of ether oxygens (including phenoxy) is 2. The molecule has 32 heavy (non-hydrogen) atoms. The molecule has 1 aromatic carbocycles. The fourth-order valence-electron chi connectivity index (χ4n) is 3.92. The standard InChI is InChI=1S/C23H31N5O4/c1-13(2)16-12-22(30)26-23(24-16)28-20(11-17(27-28)15-6-7-15)25-21(29)10-14-5-8-18(31-3)19(9-14)32-4/h5,8-9,11,13,15-16,23-24H,6-7,10,12H2,1-4H3,(H,25,29)(H,26,30). The Kier molecular flexibility index (Phi) is 6.36. The van der Waals surface area contributed by atoms with Gasteiger partial charge < -0.3 is 20.1 Å². The molecule has 1 aliphatic carbocycles. The van der Waals surface area contributed by atoms with Crippen LogP contribution in [0.15, 0.2) is 24.3 Å². The van der Waals surface area contributed by atoms with Crippen LogP contribution < -0.4 is 25.4 Å². The van der Waals surface area contributed by atoms with Crippen LogP contribution in [0.1, 0.15) is 56.6 Å². The van der Waals surface area contributed by atoms with E-state index in [1.165, 1.54) is 0 Å². The fraction of sp³-hybridized carbons (Fsp3) is 0.522. The van der Waals surface area contributed by atoms with Crippen LogP contribution in [-0.2, 0) is 16.0 Å². The highest BCUT2D eigenvalue weighted by Gasteiger charge is 2.33. The van der Waals surface area contributed by atoms with Gasteiger partial charge in [-0.2, -0.15) is 5.10 Å². The Bertz CT molecular complexity index is 998. The van der Waals surface area contributed by atoms with Crippen LogP contribution in [0.3, 0.4) is 0 Å². The van der Waals surface area contributed by atoms with Crippen molar-refractivity contribution in [3.05, 3.63) is 35.5 Å². The highest BCUT2D eigenvalue weighted by molar-refractivity contribution is 5.91. The molecular formula is C23H31N5O4. The van der Waals surface area contributed by atoms with Gasteiger partial charge in [0.2, 0.25) is 11.8 Å². The van der Waals surface area contributed by atoms with E-state index < -0.39 is 6.29 Å². The zero-order valence-electron chi connectivity index (χ0n) is 19.0. The maximum absolute atomic E-state index is 12.9. The number of amides is 2. The van der Waals surface area contributed by atoms with Crippen molar-refractivity contribution in [2.24, 2.45) is 5.92 Å². The van der Waals surface area contributed by atoms with Gasteiger partial charge in [0.05, 0.1) is 26.3 Å². The molecule has 4 rings (SSSR count). The van der Waals surface area contributed by atoms with E-state index in [4.69, 9.17) is 14.6 Å². The molecule has 2 aromatic rings. The predicted molar refractivity (Wildman–Crippen MR) is 120 cm³/mol. The van der Waals surface area contributed by atoms with Gasteiger partial charge in [0.1, 0.15) is 5.82 Å². The molecule has 3 N–H and O–H groups in total. The van der Waals surface area contributed by atoms with E-state index in [-0.39, 0.29) is 24.3 Å². The number of hydrogen-bond donors (Lipinski definition) is 3. The average Bonchev–Trinajstić information content (AvgIpc) is 3.53. The first-order valence-corrected chi connectivity index (χ1v) is 11.0. The van der Waals surface area contributed by atoms with Crippen LogP contribution in [0, 0.1) is 5.92 Å². The molecule has 1 aliphatic heterocycles. The molecule has 2 atom stereocenters. The number of carbonyl (C=O) groups is 2. The van der Waals surface area contributed by atoms with Gasteiger partial charge >= 0.3 is 0 Å². The molecule has 9 nitrogen and oxygen atoms in total. The molecule has 172 valence electrons. The number of anilines is 1. The van der Waals surface area contributed by atoms with Gasteiger partial charge in [-0.1, -0.05) is 19.9 Å². The Morgan fingerprint density at radius 3 is 2.62 bits per heavy atom. The zero-order valence-corrected chi connectivity index (χ0v) is 19.0. The van der Waals surface area contributed by atoms with E-state index in [1.54, 1.807) is 31.0 Å². The molecular weight excluding hydrogens is 410 g/mol. The van der Waals surface area contributed by atoms with Gasteiger partial charge in [0.15, 0.2) is 17.8 Å². The van der Waals surface area contributed by atoms with Gasteiger partial charge in [-0.3, -0.25) is 14.9 Å². The monoisotopic (exact) mass is 441 g/mol. The van der Waals surface area contributed by atoms with Crippen molar-refractivity contribution in [1.82, 2.24) is 20.4 Å². The topological polar surface area (TPSA) is 107 Å². The number of aromatic nitrogens is 2. The van der Waals surface area contributed by atoms with Gasteiger partial charge in [-0.25, -0.2) is 4.68 Å². The fourth-order valence-corrected chi connectivity index (χ4v) is 3.92. The minimum absolute atomic E-state index is 0.0291. The van der Waals surface area contributed by atoms with E-state index in [2.05, 4.69) is 29.8 Å². The van der Waals surface area contributed by atoms with Crippen LogP contribution in [0.4, 0.5) is 5.82 Å². The van der Waals surface area contributed by atoms with Crippen molar-refractivity contribution < 1.29 is 19.1 Å². The highest BCUT2D eigenvalue weighted by Crippen LogP contribution is 2.40. The van der Waals surface area contributed by atoms with Crippen LogP contribution >= 0.6 is 0 Å². The third-order valence-corrected chi connectivity index (χ3v) is 5.95. The van der Waals surface area contributed by atoms with Crippen LogP contribution in [0.2, 0.25) is 0 Å². The summed E-state index contributed by atoms with van der Waals surface area (Å²) in [6, 6.07) is 7.37. The Morgan fingerprint density at radius 1 is 1.22 bits per heavy atom. The highest BCUT2D eigenvalue weighted by atomic mass is 16.5. The molecule has 9 heteroatoms. The number of hydrogen-bond acceptors (Lipinski definition) is 6. The quantitative estimate of drug-likeness (QED) is 0.581. The molecule has 1 saturated carbocycles. The lowest BCUT2D eigenvalue weighted by Gasteiger charge is -2.34. The third-order valence-electron chi connectivity index (χ3n) is 5.95. The third kappa shape index (κ3) is 4.88. The summed E-state index contributed by atoms with van der Waals surface area (Å²) in [4.78, 5) is 25.2. The Balaban J connectivity index is 1.53. The van der Waals surface area contributed by atoms with E-state index >= 15 is 0 Å². The Labute approximate surface area is 187 Å². The van der Waals surface area contributed by atoms with E-state index in [1.807, 2.05) is 12.1 Å². The van der Waals surface area contributed by atoms with Crippen molar-refractivity contribution >= 4 is 17.6 Å². The second-order valence-corrected chi connectivity index (χ2v) is 8.78. The van der Waals surface area contributed by atoms with Crippen molar-refractivity contribution in [1.29, 1.82) is 0 Å². The second kappa shape index (κ2) is 9.20. The van der Waals surface area contributed by atoms with E-state index in [0.29, 0.717) is 35.6 Å². The number of benzene rings is 1. The molecule has 2 amide bonds. The smallest absolute Gasteiger partial charge is 0.229 e. The predicted octanol–water partition coefficient (Wildman–Crippen LogP) is 2.55. The number of methoxy groups -OCH3 is 2. The summed E-state index contributed by atoms with van der Waals surface area (Å²) < 4.78 is 12.3. The van der Waals surface area contributed by atoms with Crippen molar-refractivity contribution in [2.45, 2.75) is 57.8 Å². The summed E-state index contributed by atoms with van der Waals surface area (Å²) in [6.07, 6.45) is 2.27. The SMILES string of the molecule is COc1ccc(CC(=O)Nc2cc(C3CC3)nn2C2NC(=O)CC(C(C)C)N2)cc1OC. The van der Waals surface area contributed by atoms with Gasteiger partial charge in [-0.15, -0.1) is 0 Å². The molecule has 0 radical (unpaired) electrons. The average molecular weight is 442 g/mol. The molecule has 1 saturated heterocycles. The summed E-state index contributed by atoms with van der Waals surface area (Å²) in [7, 11) is 3.14. The van der Waals surface area contributed by atoms with Gasteiger partial charge in [0.25, 0.3) is 0 Å². The van der Waals surface area contributed by atoms with Gasteiger partial charge in [0, 0.05) is 24.4 Å². The Morgan fingerprint density at radius 2 is 1.97 bits per heavy atom. The van der Waals surface area contributed by atoms with Crippen molar-refractivity contribution in [3.8, 4) is 11.5 Å². The first-order valence-electron chi connectivity index (χ1n) is 11.0. The maximum Gasteiger partial charge on any atom is 0.229 e. The molecule has 0 bridgehead atoms.